The molecule has 0 radical (unpaired) electrons. The molecule has 0 fully saturated rings. The molecule has 1 atom stereocenters. The van der Waals surface area contributed by atoms with Crippen molar-refractivity contribution in [3.63, 3.8) is 0 Å². The molecule has 5 nitrogen and oxygen atoms in total. The molecule has 1 amide bonds. The number of anilines is 1. The number of hydrogen-bond acceptors (Lipinski definition) is 4. The predicted molar refractivity (Wildman–Crippen MR) is 100 cm³/mol. The molecule has 132 valence electrons. The molecule has 0 spiro atoms. The lowest BCUT2D eigenvalue weighted by atomic mass is 10.1. The second-order valence-electron chi connectivity index (χ2n) is 6.00. The molecule has 1 N–H and O–H groups in total. The number of rotatable bonds is 4. The molecular weight excluding hydrogens is 330 g/mol. The summed E-state index contributed by atoms with van der Waals surface area (Å²) in [6.45, 7) is 1.51. The zero-order valence-corrected chi connectivity index (χ0v) is 14.5. The van der Waals surface area contributed by atoms with Crippen molar-refractivity contribution in [3.8, 4) is 5.75 Å². The quantitative estimate of drug-likeness (QED) is 0.729. The van der Waals surface area contributed by atoms with Crippen molar-refractivity contribution in [1.29, 1.82) is 0 Å². The molecule has 0 saturated heterocycles. The Hall–Kier alpha value is -3.34. The fourth-order valence-electron chi connectivity index (χ4n) is 2.72. The Labute approximate surface area is 151 Å². The highest BCUT2D eigenvalue weighted by Crippen LogP contribution is 2.26. The second-order valence-corrected chi connectivity index (χ2v) is 6.00. The fraction of sp³-hybridized carbons (Fsp3) is 0.143. The van der Waals surface area contributed by atoms with E-state index in [1.54, 1.807) is 25.2 Å². The van der Waals surface area contributed by atoms with Gasteiger partial charge in [0.2, 0.25) is 0 Å². The third-order valence-electron chi connectivity index (χ3n) is 4.19. The number of esters is 1. The average Bonchev–Trinajstić information content (AvgIpc) is 2.66. The molecule has 0 aliphatic carbocycles. The SMILES string of the molecule is C[C@@H](OC(=O)c1cc2ccccc2cc1O)C(=O)N(C)c1ccccc1. The van der Waals surface area contributed by atoms with E-state index in [0.717, 1.165) is 10.8 Å². The van der Waals surface area contributed by atoms with Crippen LogP contribution in [0, 0.1) is 0 Å². The summed E-state index contributed by atoms with van der Waals surface area (Å²) in [5.41, 5.74) is 0.736. The van der Waals surface area contributed by atoms with Gasteiger partial charge in [-0.15, -0.1) is 0 Å². The maximum Gasteiger partial charge on any atom is 0.342 e. The van der Waals surface area contributed by atoms with Gasteiger partial charge < -0.3 is 14.7 Å². The van der Waals surface area contributed by atoms with E-state index in [0.29, 0.717) is 5.69 Å². The average molecular weight is 349 g/mol. The summed E-state index contributed by atoms with van der Waals surface area (Å²) in [5.74, 6) is -1.27. The highest BCUT2D eigenvalue weighted by Gasteiger charge is 2.24. The Balaban J connectivity index is 1.77. The fourth-order valence-corrected chi connectivity index (χ4v) is 2.72. The monoisotopic (exact) mass is 349 g/mol. The van der Waals surface area contributed by atoms with Crippen LogP contribution in [0.4, 0.5) is 5.69 Å². The van der Waals surface area contributed by atoms with E-state index in [9.17, 15) is 14.7 Å². The highest BCUT2D eigenvalue weighted by atomic mass is 16.5. The van der Waals surface area contributed by atoms with Crippen LogP contribution in [0.2, 0.25) is 0 Å². The summed E-state index contributed by atoms with van der Waals surface area (Å²) in [6, 6.07) is 19.5. The summed E-state index contributed by atoms with van der Waals surface area (Å²) in [4.78, 5) is 26.4. The first kappa shape index (κ1) is 17.5. The molecule has 3 aromatic rings. The van der Waals surface area contributed by atoms with Crippen molar-refractivity contribution in [2.75, 3.05) is 11.9 Å². The number of carbonyl (C=O) groups excluding carboxylic acids is 2. The first-order valence-electron chi connectivity index (χ1n) is 8.22. The lowest BCUT2D eigenvalue weighted by Crippen LogP contribution is -2.37. The van der Waals surface area contributed by atoms with Gasteiger partial charge >= 0.3 is 5.97 Å². The second kappa shape index (κ2) is 7.27. The van der Waals surface area contributed by atoms with Gasteiger partial charge in [-0.1, -0.05) is 42.5 Å². The summed E-state index contributed by atoms with van der Waals surface area (Å²) >= 11 is 0. The number of hydrogen-bond donors (Lipinski definition) is 1. The van der Waals surface area contributed by atoms with Crippen molar-refractivity contribution in [3.05, 3.63) is 72.3 Å². The minimum Gasteiger partial charge on any atom is -0.507 e. The number of carbonyl (C=O) groups is 2. The molecular formula is C21H19NO4. The van der Waals surface area contributed by atoms with Crippen molar-refractivity contribution in [2.24, 2.45) is 0 Å². The number of benzene rings is 3. The van der Waals surface area contributed by atoms with Crippen molar-refractivity contribution >= 4 is 28.3 Å². The number of para-hydroxylation sites is 1. The Morgan fingerprint density at radius 1 is 0.962 bits per heavy atom. The molecule has 0 aliphatic heterocycles. The van der Waals surface area contributed by atoms with Crippen LogP contribution in [0.3, 0.4) is 0 Å². The highest BCUT2D eigenvalue weighted by molar-refractivity contribution is 6.01. The van der Waals surface area contributed by atoms with Gasteiger partial charge in [-0.25, -0.2) is 4.79 Å². The Morgan fingerprint density at radius 2 is 1.54 bits per heavy atom. The van der Waals surface area contributed by atoms with E-state index >= 15 is 0 Å². The molecule has 0 unspecified atom stereocenters. The lowest BCUT2D eigenvalue weighted by Gasteiger charge is -2.21. The van der Waals surface area contributed by atoms with Gasteiger partial charge in [0.05, 0.1) is 0 Å². The third-order valence-corrected chi connectivity index (χ3v) is 4.19. The number of ether oxygens (including phenoxy) is 1. The van der Waals surface area contributed by atoms with Crippen molar-refractivity contribution < 1.29 is 19.4 Å². The minimum atomic E-state index is -0.987. The van der Waals surface area contributed by atoms with Gasteiger partial charge in [0.15, 0.2) is 6.10 Å². The largest absolute Gasteiger partial charge is 0.507 e. The van der Waals surface area contributed by atoms with Crippen LogP contribution < -0.4 is 4.90 Å². The van der Waals surface area contributed by atoms with Crippen LogP contribution in [0.15, 0.2) is 66.7 Å². The number of aromatic hydroxyl groups is 1. The Kier molecular flexibility index (Phi) is 4.89. The maximum absolute atomic E-state index is 12.5. The van der Waals surface area contributed by atoms with Crippen molar-refractivity contribution in [1.82, 2.24) is 0 Å². The number of fused-ring (bicyclic) bond motifs is 1. The lowest BCUT2D eigenvalue weighted by molar-refractivity contribution is -0.126. The maximum atomic E-state index is 12.5. The topological polar surface area (TPSA) is 66.8 Å². The van der Waals surface area contributed by atoms with Gasteiger partial charge in [0.25, 0.3) is 5.91 Å². The molecule has 3 aromatic carbocycles. The van der Waals surface area contributed by atoms with E-state index in [1.165, 1.54) is 17.9 Å². The van der Waals surface area contributed by atoms with Gasteiger partial charge in [-0.2, -0.15) is 0 Å². The van der Waals surface area contributed by atoms with Crippen LogP contribution in [-0.4, -0.2) is 30.1 Å². The summed E-state index contributed by atoms with van der Waals surface area (Å²) in [7, 11) is 1.62. The van der Waals surface area contributed by atoms with E-state index in [1.807, 2.05) is 42.5 Å². The van der Waals surface area contributed by atoms with E-state index in [-0.39, 0.29) is 17.2 Å². The molecule has 0 bridgehead atoms. The molecule has 0 heterocycles. The van der Waals surface area contributed by atoms with Gasteiger partial charge in [0.1, 0.15) is 11.3 Å². The zero-order valence-electron chi connectivity index (χ0n) is 14.5. The predicted octanol–water partition coefficient (Wildman–Crippen LogP) is 3.75. The smallest absolute Gasteiger partial charge is 0.342 e. The van der Waals surface area contributed by atoms with Crippen LogP contribution in [0.1, 0.15) is 17.3 Å². The Morgan fingerprint density at radius 3 is 2.19 bits per heavy atom. The normalized spacial score (nSPS) is 11.8. The Bertz CT molecular complexity index is 953. The van der Waals surface area contributed by atoms with Crippen molar-refractivity contribution in [2.45, 2.75) is 13.0 Å². The van der Waals surface area contributed by atoms with E-state index in [4.69, 9.17) is 4.74 Å². The van der Waals surface area contributed by atoms with Gasteiger partial charge in [0, 0.05) is 12.7 Å². The first-order chi connectivity index (χ1) is 12.5. The van der Waals surface area contributed by atoms with Gasteiger partial charge in [-0.05, 0) is 42.0 Å². The number of nitrogens with zero attached hydrogens (tertiary/aromatic N) is 1. The summed E-state index contributed by atoms with van der Waals surface area (Å²) in [5, 5.41) is 11.7. The number of amides is 1. The minimum absolute atomic E-state index is 0.0331. The van der Waals surface area contributed by atoms with Crippen LogP contribution in [0.5, 0.6) is 5.75 Å². The van der Waals surface area contributed by atoms with E-state index in [2.05, 4.69) is 0 Å². The molecule has 0 aliphatic rings. The zero-order chi connectivity index (χ0) is 18.7. The van der Waals surface area contributed by atoms with Crippen LogP contribution in [-0.2, 0) is 9.53 Å². The number of phenols is 1. The van der Waals surface area contributed by atoms with Crippen LogP contribution >= 0.6 is 0 Å². The molecule has 5 heteroatoms. The molecule has 0 saturated carbocycles. The standard InChI is InChI=1S/C21H19NO4/c1-14(20(24)22(2)17-10-4-3-5-11-17)26-21(25)18-12-15-8-6-7-9-16(15)13-19(18)23/h3-14,23H,1-2H3/t14-/m1/s1. The molecule has 26 heavy (non-hydrogen) atoms. The van der Waals surface area contributed by atoms with Crippen LogP contribution in [0.25, 0.3) is 10.8 Å². The molecule has 0 aromatic heterocycles. The summed E-state index contributed by atoms with van der Waals surface area (Å²) in [6.07, 6.45) is -0.987. The first-order valence-corrected chi connectivity index (χ1v) is 8.22. The van der Waals surface area contributed by atoms with E-state index < -0.39 is 12.1 Å². The third kappa shape index (κ3) is 3.52. The number of phenolic OH excluding ortho intramolecular Hbond substituents is 1. The molecule has 3 rings (SSSR count). The van der Waals surface area contributed by atoms with Gasteiger partial charge in [-0.3, -0.25) is 4.79 Å². The number of likely N-dealkylation sites (N-methyl/N-ethyl adjacent to an activating group) is 1. The summed E-state index contributed by atoms with van der Waals surface area (Å²) < 4.78 is 5.28.